The quantitative estimate of drug-likeness (QED) is 0.750. The number of esters is 1. The lowest BCUT2D eigenvalue weighted by molar-refractivity contribution is -0.149. The standard InChI is InChI=1S/C16H24FNO3/c1-5-10-18-16(3,15(19)20-4)11-12(2)21-14-8-6-13(17)7-9-14/h6-9,12,18H,5,10-11H2,1-4H3. The van der Waals surface area contributed by atoms with Crippen molar-refractivity contribution in [2.45, 2.75) is 45.3 Å². The molecule has 118 valence electrons. The zero-order valence-corrected chi connectivity index (χ0v) is 13.1. The predicted octanol–water partition coefficient (Wildman–Crippen LogP) is 2.91. The fourth-order valence-electron chi connectivity index (χ4n) is 2.22. The van der Waals surface area contributed by atoms with Crippen LogP contribution >= 0.6 is 0 Å². The maximum Gasteiger partial charge on any atom is 0.325 e. The van der Waals surface area contributed by atoms with Crippen molar-refractivity contribution in [1.29, 1.82) is 0 Å². The molecule has 0 aliphatic carbocycles. The summed E-state index contributed by atoms with van der Waals surface area (Å²) in [5.74, 6) is -0.0453. The van der Waals surface area contributed by atoms with Gasteiger partial charge in [-0.05, 0) is 51.1 Å². The van der Waals surface area contributed by atoms with Crippen LogP contribution in [-0.4, -0.2) is 31.3 Å². The molecule has 0 amide bonds. The highest BCUT2D eigenvalue weighted by Gasteiger charge is 2.35. The number of nitrogens with one attached hydrogen (secondary N) is 1. The Morgan fingerprint density at radius 2 is 2.00 bits per heavy atom. The molecule has 0 saturated heterocycles. The third-order valence-corrected chi connectivity index (χ3v) is 3.25. The van der Waals surface area contributed by atoms with E-state index >= 15 is 0 Å². The summed E-state index contributed by atoms with van der Waals surface area (Å²) in [5, 5.41) is 3.21. The first kappa shape index (κ1) is 17.4. The summed E-state index contributed by atoms with van der Waals surface area (Å²) in [6.45, 7) is 6.43. The average molecular weight is 297 g/mol. The molecule has 0 spiro atoms. The van der Waals surface area contributed by atoms with Crippen LogP contribution in [0, 0.1) is 5.82 Å². The van der Waals surface area contributed by atoms with Gasteiger partial charge in [-0.25, -0.2) is 4.39 Å². The Bertz CT molecular complexity index is 449. The molecule has 0 saturated carbocycles. The van der Waals surface area contributed by atoms with Crippen LogP contribution in [0.4, 0.5) is 4.39 Å². The number of carbonyl (C=O) groups excluding carboxylic acids is 1. The highest BCUT2D eigenvalue weighted by Crippen LogP contribution is 2.20. The van der Waals surface area contributed by atoms with Gasteiger partial charge < -0.3 is 14.8 Å². The average Bonchev–Trinajstić information content (AvgIpc) is 2.46. The molecule has 1 aromatic rings. The molecule has 0 heterocycles. The van der Waals surface area contributed by atoms with E-state index in [1.54, 1.807) is 19.1 Å². The van der Waals surface area contributed by atoms with Crippen molar-refractivity contribution in [3.05, 3.63) is 30.1 Å². The molecule has 0 radical (unpaired) electrons. The van der Waals surface area contributed by atoms with Gasteiger partial charge >= 0.3 is 5.97 Å². The molecule has 4 nitrogen and oxygen atoms in total. The van der Waals surface area contributed by atoms with Gasteiger partial charge in [0.1, 0.15) is 17.1 Å². The molecular weight excluding hydrogens is 273 g/mol. The maximum atomic E-state index is 12.9. The van der Waals surface area contributed by atoms with E-state index in [2.05, 4.69) is 5.32 Å². The Balaban J connectivity index is 2.68. The monoisotopic (exact) mass is 297 g/mol. The molecule has 2 atom stereocenters. The topological polar surface area (TPSA) is 47.6 Å². The van der Waals surface area contributed by atoms with Gasteiger partial charge in [0, 0.05) is 6.42 Å². The smallest absolute Gasteiger partial charge is 0.325 e. The SMILES string of the molecule is CCCNC(C)(CC(C)Oc1ccc(F)cc1)C(=O)OC. The van der Waals surface area contributed by atoms with Gasteiger partial charge in [0.15, 0.2) is 0 Å². The number of ether oxygens (including phenoxy) is 2. The van der Waals surface area contributed by atoms with Gasteiger partial charge in [-0.1, -0.05) is 6.92 Å². The van der Waals surface area contributed by atoms with Gasteiger partial charge in [-0.2, -0.15) is 0 Å². The molecule has 0 aromatic heterocycles. The number of rotatable bonds is 8. The lowest BCUT2D eigenvalue weighted by Gasteiger charge is -2.30. The van der Waals surface area contributed by atoms with Gasteiger partial charge in [0.2, 0.25) is 0 Å². The van der Waals surface area contributed by atoms with E-state index in [1.165, 1.54) is 19.2 Å². The summed E-state index contributed by atoms with van der Waals surface area (Å²) in [5.41, 5.74) is -0.801. The second-order valence-corrected chi connectivity index (χ2v) is 5.34. The Morgan fingerprint density at radius 1 is 1.38 bits per heavy atom. The van der Waals surface area contributed by atoms with Crippen LogP contribution in [0.5, 0.6) is 5.75 Å². The van der Waals surface area contributed by atoms with Crippen molar-refractivity contribution in [1.82, 2.24) is 5.32 Å². The first-order valence-electron chi connectivity index (χ1n) is 7.17. The largest absolute Gasteiger partial charge is 0.491 e. The fraction of sp³-hybridized carbons (Fsp3) is 0.562. The second kappa shape index (κ2) is 7.98. The van der Waals surface area contributed by atoms with E-state index in [4.69, 9.17) is 9.47 Å². The van der Waals surface area contributed by atoms with E-state index in [9.17, 15) is 9.18 Å². The summed E-state index contributed by atoms with van der Waals surface area (Å²) in [4.78, 5) is 12.0. The number of hydrogen-bond acceptors (Lipinski definition) is 4. The maximum absolute atomic E-state index is 12.9. The van der Waals surface area contributed by atoms with Gasteiger partial charge in [0.05, 0.1) is 13.2 Å². The molecule has 0 aliphatic rings. The van der Waals surface area contributed by atoms with E-state index < -0.39 is 5.54 Å². The molecular formula is C16H24FNO3. The molecule has 1 N–H and O–H groups in total. The number of carbonyl (C=O) groups is 1. The third kappa shape index (κ3) is 5.34. The van der Waals surface area contributed by atoms with Crippen molar-refractivity contribution in [3.63, 3.8) is 0 Å². The van der Waals surface area contributed by atoms with Crippen molar-refractivity contribution < 1.29 is 18.7 Å². The Morgan fingerprint density at radius 3 is 2.52 bits per heavy atom. The first-order valence-corrected chi connectivity index (χ1v) is 7.17. The molecule has 5 heteroatoms. The Labute approximate surface area is 125 Å². The minimum Gasteiger partial charge on any atom is -0.491 e. The van der Waals surface area contributed by atoms with Crippen LogP contribution in [0.1, 0.15) is 33.6 Å². The molecule has 1 rings (SSSR count). The minimum absolute atomic E-state index is 0.219. The molecule has 2 unspecified atom stereocenters. The van der Waals surface area contributed by atoms with Crippen LogP contribution in [0.3, 0.4) is 0 Å². The zero-order chi connectivity index (χ0) is 15.9. The van der Waals surface area contributed by atoms with E-state index in [0.29, 0.717) is 12.2 Å². The zero-order valence-electron chi connectivity index (χ0n) is 13.1. The lowest BCUT2D eigenvalue weighted by atomic mass is 9.94. The number of benzene rings is 1. The predicted molar refractivity (Wildman–Crippen MR) is 79.8 cm³/mol. The molecule has 0 bridgehead atoms. The van der Waals surface area contributed by atoms with Gasteiger partial charge in [-0.3, -0.25) is 4.79 Å². The number of hydrogen-bond donors (Lipinski definition) is 1. The number of methoxy groups -OCH3 is 1. The van der Waals surface area contributed by atoms with Crippen LogP contribution in [0.2, 0.25) is 0 Å². The van der Waals surface area contributed by atoms with Crippen LogP contribution < -0.4 is 10.1 Å². The van der Waals surface area contributed by atoms with E-state index in [1.807, 2.05) is 13.8 Å². The summed E-state index contributed by atoms with van der Waals surface area (Å²) in [6, 6.07) is 5.83. The summed E-state index contributed by atoms with van der Waals surface area (Å²) in [7, 11) is 1.37. The van der Waals surface area contributed by atoms with Crippen molar-refractivity contribution in [3.8, 4) is 5.75 Å². The Hall–Kier alpha value is -1.62. The van der Waals surface area contributed by atoms with Crippen LogP contribution in [-0.2, 0) is 9.53 Å². The van der Waals surface area contributed by atoms with Crippen molar-refractivity contribution in [2.24, 2.45) is 0 Å². The molecule has 1 aromatic carbocycles. The van der Waals surface area contributed by atoms with Crippen molar-refractivity contribution in [2.75, 3.05) is 13.7 Å². The normalized spacial score (nSPS) is 15.1. The van der Waals surface area contributed by atoms with Crippen LogP contribution in [0.25, 0.3) is 0 Å². The van der Waals surface area contributed by atoms with Gasteiger partial charge in [-0.15, -0.1) is 0 Å². The van der Waals surface area contributed by atoms with E-state index in [-0.39, 0.29) is 17.9 Å². The molecule has 0 fully saturated rings. The van der Waals surface area contributed by atoms with Crippen LogP contribution in [0.15, 0.2) is 24.3 Å². The Kier molecular flexibility index (Phi) is 6.62. The second-order valence-electron chi connectivity index (χ2n) is 5.34. The summed E-state index contributed by atoms with van der Waals surface area (Å²) in [6.07, 6.45) is 1.15. The minimum atomic E-state index is -0.801. The fourth-order valence-corrected chi connectivity index (χ4v) is 2.22. The van der Waals surface area contributed by atoms with E-state index in [0.717, 1.165) is 13.0 Å². The number of halogens is 1. The van der Waals surface area contributed by atoms with Crippen molar-refractivity contribution >= 4 is 5.97 Å². The third-order valence-electron chi connectivity index (χ3n) is 3.25. The first-order chi connectivity index (χ1) is 9.91. The summed E-state index contributed by atoms with van der Waals surface area (Å²) >= 11 is 0. The molecule has 0 aliphatic heterocycles. The van der Waals surface area contributed by atoms with Gasteiger partial charge in [0.25, 0.3) is 0 Å². The summed E-state index contributed by atoms with van der Waals surface area (Å²) < 4.78 is 23.5. The molecule has 21 heavy (non-hydrogen) atoms. The highest BCUT2D eigenvalue weighted by atomic mass is 19.1. The highest BCUT2D eigenvalue weighted by molar-refractivity contribution is 5.80. The lowest BCUT2D eigenvalue weighted by Crippen LogP contribution is -2.52.